The van der Waals surface area contributed by atoms with Crippen LogP contribution in [0.1, 0.15) is 11.3 Å². The van der Waals surface area contributed by atoms with Crippen LogP contribution in [0.3, 0.4) is 0 Å². The molecular formula is C13H14FN3. The quantitative estimate of drug-likeness (QED) is 0.812. The van der Waals surface area contributed by atoms with Gasteiger partial charge in [-0.15, -0.1) is 0 Å². The molecule has 0 saturated carbocycles. The normalized spacial score (nSPS) is 14.7. The van der Waals surface area contributed by atoms with Gasteiger partial charge in [0.15, 0.2) is 0 Å². The Morgan fingerprint density at radius 1 is 1.41 bits per heavy atom. The standard InChI is InChI=1S/C13H14FN3/c1-17-12-5-6-15-8-11(12)13(16-17)9-3-2-4-10(14)7-9/h2-4,7,15H,5-6,8H2,1H3. The van der Waals surface area contributed by atoms with Crippen molar-refractivity contribution >= 4 is 0 Å². The van der Waals surface area contributed by atoms with Gasteiger partial charge in [-0.05, 0) is 12.1 Å². The molecule has 1 aliphatic heterocycles. The van der Waals surface area contributed by atoms with E-state index in [0.717, 1.165) is 30.8 Å². The first kappa shape index (κ1) is 10.5. The van der Waals surface area contributed by atoms with E-state index in [4.69, 9.17) is 0 Å². The van der Waals surface area contributed by atoms with Gasteiger partial charge in [0.05, 0.1) is 5.69 Å². The molecule has 1 aromatic carbocycles. The maximum absolute atomic E-state index is 13.2. The van der Waals surface area contributed by atoms with Crippen molar-refractivity contribution in [2.45, 2.75) is 13.0 Å². The summed E-state index contributed by atoms with van der Waals surface area (Å²) in [6.07, 6.45) is 0.980. The highest BCUT2D eigenvalue weighted by Gasteiger charge is 2.19. The highest BCUT2D eigenvalue weighted by atomic mass is 19.1. The van der Waals surface area contributed by atoms with Gasteiger partial charge in [0.25, 0.3) is 0 Å². The lowest BCUT2D eigenvalue weighted by atomic mass is 10.0. The maximum atomic E-state index is 13.2. The minimum Gasteiger partial charge on any atom is -0.312 e. The summed E-state index contributed by atoms with van der Waals surface area (Å²) >= 11 is 0. The lowest BCUT2D eigenvalue weighted by Gasteiger charge is -2.14. The summed E-state index contributed by atoms with van der Waals surface area (Å²) < 4.78 is 15.2. The summed E-state index contributed by atoms with van der Waals surface area (Å²) in [6.45, 7) is 1.80. The Morgan fingerprint density at radius 2 is 2.29 bits per heavy atom. The number of nitrogens with one attached hydrogen (secondary N) is 1. The van der Waals surface area contributed by atoms with Crippen molar-refractivity contribution in [1.82, 2.24) is 15.1 Å². The average Bonchev–Trinajstić information content (AvgIpc) is 2.68. The molecule has 1 N–H and O–H groups in total. The summed E-state index contributed by atoms with van der Waals surface area (Å²) in [5.74, 6) is -0.217. The molecule has 0 radical (unpaired) electrons. The van der Waals surface area contributed by atoms with Crippen LogP contribution in [-0.4, -0.2) is 16.3 Å². The Bertz CT molecular complexity index is 560. The Labute approximate surface area is 99.3 Å². The van der Waals surface area contributed by atoms with Crippen molar-refractivity contribution in [3.05, 3.63) is 41.3 Å². The topological polar surface area (TPSA) is 29.9 Å². The van der Waals surface area contributed by atoms with Crippen molar-refractivity contribution in [3.8, 4) is 11.3 Å². The fraction of sp³-hybridized carbons (Fsp3) is 0.308. The Hall–Kier alpha value is -1.68. The Morgan fingerprint density at radius 3 is 3.12 bits per heavy atom. The van der Waals surface area contributed by atoms with Crippen LogP contribution in [-0.2, 0) is 20.0 Å². The number of fused-ring (bicyclic) bond motifs is 1. The smallest absolute Gasteiger partial charge is 0.123 e. The molecular weight excluding hydrogens is 217 g/mol. The number of benzene rings is 1. The number of hydrogen-bond acceptors (Lipinski definition) is 2. The van der Waals surface area contributed by atoms with Gasteiger partial charge in [-0.25, -0.2) is 4.39 Å². The summed E-state index contributed by atoms with van der Waals surface area (Å²) in [6, 6.07) is 6.62. The zero-order valence-corrected chi connectivity index (χ0v) is 9.70. The summed E-state index contributed by atoms with van der Waals surface area (Å²) in [7, 11) is 1.95. The lowest BCUT2D eigenvalue weighted by Crippen LogP contribution is -2.24. The van der Waals surface area contributed by atoms with Crippen molar-refractivity contribution in [2.24, 2.45) is 7.05 Å². The molecule has 0 atom stereocenters. The van der Waals surface area contributed by atoms with Crippen molar-refractivity contribution in [3.63, 3.8) is 0 Å². The predicted molar refractivity (Wildman–Crippen MR) is 64.0 cm³/mol. The first-order chi connectivity index (χ1) is 8.25. The van der Waals surface area contributed by atoms with Crippen LogP contribution >= 0.6 is 0 Å². The van der Waals surface area contributed by atoms with Crippen LogP contribution in [0.15, 0.2) is 24.3 Å². The van der Waals surface area contributed by atoms with E-state index < -0.39 is 0 Å². The summed E-state index contributed by atoms with van der Waals surface area (Å²) in [4.78, 5) is 0. The van der Waals surface area contributed by atoms with E-state index >= 15 is 0 Å². The molecule has 1 aromatic heterocycles. The van der Waals surface area contributed by atoms with Gasteiger partial charge in [-0.2, -0.15) is 5.10 Å². The largest absolute Gasteiger partial charge is 0.312 e. The van der Waals surface area contributed by atoms with Gasteiger partial charge in [0.2, 0.25) is 0 Å². The molecule has 0 spiro atoms. The molecule has 3 nitrogen and oxygen atoms in total. The van der Waals surface area contributed by atoms with Crippen LogP contribution in [0.25, 0.3) is 11.3 Å². The van der Waals surface area contributed by atoms with E-state index in [1.807, 2.05) is 17.8 Å². The van der Waals surface area contributed by atoms with Gasteiger partial charge in [-0.1, -0.05) is 12.1 Å². The number of halogens is 1. The minimum atomic E-state index is -0.217. The molecule has 2 aromatic rings. The van der Waals surface area contributed by atoms with Crippen LogP contribution in [0.5, 0.6) is 0 Å². The van der Waals surface area contributed by atoms with E-state index in [2.05, 4.69) is 10.4 Å². The van der Waals surface area contributed by atoms with Crippen molar-refractivity contribution in [2.75, 3.05) is 6.54 Å². The number of aryl methyl sites for hydroxylation is 1. The van der Waals surface area contributed by atoms with E-state index in [1.54, 1.807) is 6.07 Å². The second-order valence-electron chi connectivity index (χ2n) is 4.33. The summed E-state index contributed by atoms with van der Waals surface area (Å²) in [5, 5.41) is 7.85. The van der Waals surface area contributed by atoms with Gasteiger partial charge in [-0.3, -0.25) is 4.68 Å². The number of rotatable bonds is 1. The zero-order chi connectivity index (χ0) is 11.8. The SMILES string of the molecule is Cn1nc(-c2cccc(F)c2)c2c1CCNC2. The maximum Gasteiger partial charge on any atom is 0.123 e. The highest BCUT2D eigenvalue weighted by molar-refractivity contribution is 5.64. The molecule has 0 bridgehead atoms. The van der Waals surface area contributed by atoms with E-state index in [-0.39, 0.29) is 5.82 Å². The Kier molecular flexibility index (Phi) is 2.44. The van der Waals surface area contributed by atoms with E-state index in [1.165, 1.54) is 23.4 Å². The molecule has 3 rings (SSSR count). The monoisotopic (exact) mass is 231 g/mol. The number of hydrogen-bond donors (Lipinski definition) is 1. The van der Waals surface area contributed by atoms with Crippen molar-refractivity contribution < 1.29 is 4.39 Å². The minimum absolute atomic E-state index is 0.217. The molecule has 0 aliphatic carbocycles. The Balaban J connectivity index is 2.15. The molecule has 1 aliphatic rings. The first-order valence-corrected chi connectivity index (χ1v) is 5.77. The zero-order valence-electron chi connectivity index (χ0n) is 9.70. The second kappa shape index (κ2) is 3.96. The van der Waals surface area contributed by atoms with Gasteiger partial charge in [0, 0.05) is 43.4 Å². The molecule has 0 amide bonds. The van der Waals surface area contributed by atoms with Crippen LogP contribution in [0.2, 0.25) is 0 Å². The van der Waals surface area contributed by atoms with E-state index in [9.17, 15) is 4.39 Å². The number of nitrogens with zero attached hydrogens (tertiary/aromatic N) is 2. The highest BCUT2D eigenvalue weighted by Crippen LogP contribution is 2.27. The van der Waals surface area contributed by atoms with Crippen LogP contribution < -0.4 is 5.32 Å². The fourth-order valence-corrected chi connectivity index (χ4v) is 2.39. The van der Waals surface area contributed by atoms with E-state index in [0.29, 0.717) is 0 Å². The van der Waals surface area contributed by atoms with Gasteiger partial charge in [0.1, 0.15) is 5.82 Å². The molecule has 0 unspecified atom stereocenters. The van der Waals surface area contributed by atoms with Crippen LogP contribution in [0.4, 0.5) is 4.39 Å². The van der Waals surface area contributed by atoms with Gasteiger partial charge < -0.3 is 5.32 Å². The molecule has 17 heavy (non-hydrogen) atoms. The fourth-order valence-electron chi connectivity index (χ4n) is 2.39. The average molecular weight is 231 g/mol. The number of aromatic nitrogens is 2. The third kappa shape index (κ3) is 1.74. The van der Waals surface area contributed by atoms with Gasteiger partial charge >= 0.3 is 0 Å². The first-order valence-electron chi connectivity index (χ1n) is 5.77. The predicted octanol–water partition coefficient (Wildman–Crippen LogP) is 1.87. The molecule has 0 saturated heterocycles. The molecule has 0 fully saturated rings. The molecule has 4 heteroatoms. The third-order valence-corrected chi connectivity index (χ3v) is 3.21. The third-order valence-electron chi connectivity index (χ3n) is 3.21. The summed E-state index contributed by atoms with van der Waals surface area (Å²) in [5.41, 5.74) is 4.20. The molecule has 2 heterocycles. The van der Waals surface area contributed by atoms with Crippen molar-refractivity contribution in [1.29, 1.82) is 0 Å². The molecule has 88 valence electrons. The lowest BCUT2D eigenvalue weighted by molar-refractivity contribution is 0.604. The second-order valence-corrected chi connectivity index (χ2v) is 4.33. The van der Waals surface area contributed by atoms with Crippen LogP contribution in [0, 0.1) is 5.82 Å².